The molecule has 2 aromatic rings. The molecule has 2 aliphatic heterocycles. The summed E-state index contributed by atoms with van der Waals surface area (Å²) in [6.07, 6.45) is 3.55. The van der Waals surface area contributed by atoms with Crippen molar-refractivity contribution in [3.8, 4) is 0 Å². The van der Waals surface area contributed by atoms with Gasteiger partial charge in [-0.05, 0) is 36.4 Å². The number of rotatable bonds is 4. The Hall–Kier alpha value is -2.53. The number of fused-ring (bicyclic) bond motifs is 2. The minimum absolute atomic E-state index is 0.111. The van der Waals surface area contributed by atoms with Crippen LogP contribution >= 0.6 is 11.8 Å². The van der Waals surface area contributed by atoms with Crippen molar-refractivity contribution >= 4 is 29.3 Å². The van der Waals surface area contributed by atoms with Crippen LogP contribution in [0.15, 0.2) is 41.6 Å². The van der Waals surface area contributed by atoms with Gasteiger partial charge in [0, 0.05) is 42.1 Å². The van der Waals surface area contributed by atoms with E-state index in [1.54, 1.807) is 12.1 Å². The number of aromatic nitrogens is 2. The fourth-order valence-electron chi connectivity index (χ4n) is 3.74. The van der Waals surface area contributed by atoms with E-state index in [1.165, 1.54) is 23.9 Å². The van der Waals surface area contributed by atoms with Crippen molar-refractivity contribution in [3.05, 3.63) is 42.2 Å². The summed E-state index contributed by atoms with van der Waals surface area (Å²) in [6, 6.07) is 6.79. The molecule has 0 radical (unpaired) electrons. The Balaban J connectivity index is 1.46. The number of halogens is 3. The van der Waals surface area contributed by atoms with Crippen LogP contribution in [0, 0.1) is 0 Å². The fraction of sp³-hybridized carbons (Fsp3) is 0.353. The second-order valence-electron chi connectivity index (χ2n) is 6.61. The summed E-state index contributed by atoms with van der Waals surface area (Å²) in [7, 11) is 0. The van der Waals surface area contributed by atoms with Crippen LogP contribution in [-0.4, -0.2) is 51.8 Å². The standard InChI is InChI=1S/C17H16F3N5O2S/c18-17(19,20)28-14-3-1-2-11(5-14)24-8-13-4-12(24)9-25(13)16-21-6-10(7-22-16)15(26)23-27/h1-3,5-7,12-13,27H,4,8-9H2,(H,23,26)/t12-,13-/m1/s1. The molecular formula is C17H16F3N5O2S. The summed E-state index contributed by atoms with van der Waals surface area (Å²) < 4.78 is 37.9. The van der Waals surface area contributed by atoms with Crippen LogP contribution in [0.5, 0.6) is 0 Å². The second-order valence-corrected chi connectivity index (χ2v) is 7.74. The highest BCUT2D eigenvalue weighted by Crippen LogP contribution is 2.40. The van der Waals surface area contributed by atoms with E-state index < -0.39 is 11.4 Å². The molecule has 2 saturated heterocycles. The number of nitrogens with zero attached hydrogens (tertiary/aromatic N) is 4. The highest BCUT2D eigenvalue weighted by Gasteiger charge is 2.44. The average Bonchev–Trinajstić information content (AvgIpc) is 3.27. The molecule has 0 aliphatic carbocycles. The van der Waals surface area contributed by atoms with Crippen molar-refractivity contribution in [3.63, 3.8) is 0 Å². The first-order valence-corrected chi connectivity index (χ1v) is 9.31. The Morgan fingerprint density at radius 3 is 2.46 bits per heavy atom. The van der Waals surface area contributed by atoms with Gasteiger partial charge in [0.15, 0.2) is 0 Å². The summed E-state index contributed by atoms with van der Waals surface area (Å²) in [6.45, 7) is 1.31. The zero-order chi connectivity index (χ0) is 19.9. The van der Waals surface area contributed by atoms with Crippen molar-refractivity contribution in [2.24, 2.45) is 0 Å². The zero-order valence-corrected chi connectivity index (χ0v) is 15.2. The third-order valence-corrected chi connectivity index (χ3v) is 5.60. The van der Waals surface area contributed by atoms with E-state index in [2.05, 4.69) is 14.9 Å². The summed E-state index contributed by atoms with van der Waals surface area (Å²) in [5.41, 5.74) is -1.86. The first-order chi connectivity index (χ1) is 13.3. The van der Waals surface area contributed by atoms with Gasteiger partial charge in [-0.25, -0.2) is 15.4 Å². The molecule has 0 spiro atoms. The van der Waals surface area contributed by atoms with Crippen molar-refractivity contribution in [2.75, 3.05) is 22.9 Å². The van der Waals surface area contributed by atoms with Gasteiger partial charge in [-0.2, -0.15) is 13.2 Å². The minimum atomic E-state index is -4.31. The lowest BCUT2D eigenvalue weighted by molar-refractivity contribution is -0.0328. The average molecular weight is 411 g/mol. The Morgan fingerprint density at radius 2 is 1.86 bits per heavy atom. The lowest BCUT2D eigenvalue weighted by atomic mass is 10.2. The minimum Gasteiger partial charge on any atom is -0.365 e. The molecule has 1 aromatic heterocycles. The van der Waals surface area contributed by atoms with Crippen LogP contribution in [-0.2, 0) is 0 Å². The molecule has 2 fully saturated rings. The predicted molar refractivity (Wildman–Crippen MR) is 96.5 cm³/mol. The van der Waals surface area contributed by atoms with Crippen LogP contribution in [0.3, 0.4) is 0 Å². The molecule has 4 rings (SSSR count). The van der Waals surface area contributed by atoms with Gasteiger partial charge in [-0.3, -0.25) is 10.0 Å². The van der Waals surface area contributed by atoms with Gasteiger partial charge in [0.1, 0.15) is 0 Å². The number of carbonyl (C=O) groups is 1. The monoisotopic (exact) mass is 411 g/mol. The third-order valence-electron chi connectivity index (χ3n) is 4.88. The van der Waals surface area contributed by atoms with Crippen molar-refractivity contribution < 1.29 is 23.2 Å². The third kappa shape index (κ3) is 3.72. The number of alkyl halides is 3. The molecule has 2 N–H and O–H groups in total. The molecule has 1 amide bonds. The summed E-state index contributed by atoms with van der Waals surface area (Å²) >= 11 is -0.111. The molecule has 28 heavy (non-hydrogen) atoms. The van der Waals surface area contributed by atoms with Gasteiger partial charge in [0.2, 0.25) is 5.95 Å². The molecule has 2 aliphatic rings. The van der Waals surface area contributed by atoms with Gasteiger partial charge in [0.05, 0.1) is 11.6 Å². The number of nitrogens with one attached hydrogen (secondary N) is 1. The number of carbonyl (C=O) groups excluding carboxylic acids is 1. The van der Waals surface area contributed by atoms with Gasteiger partial charge in [-0.15, -0.1) is 0 Å². The highest BCUT2D eigenvalue weighted by atomic mass is 32.2. The molecular weight excluding hydrogens is 395 g/mol. The van der Waals surface area contributed by atoms with E-state index >= 15 is 0 Å². The SMILES string of the molecule is O=C(NO)c1cnc(N2C[C@H]3C[C@@H]2CN3c2cccc(SC(F)(F)F)c2)nc1. The summed E-state index contributed by atoms with van der Waals surface area (Å²) in [4.78, 5) is 24.1. The topological polar surface area (TPSA) is 81.6 Å². The number of hydroxylamine groups is 1. The van der Waals surface area contributed by atoms with E-state index in [1.807, 2.05) is 11.0 Å². The van der Waals surface area contributed by atoms with Crippen molar-refractivity contribution in [2.45, 2.75) is 28.9 Å². The molecule has 0 unspecified atom stereocenters. The van der Waals surface area contributed by atoms with Crippen LogP contribution in [0.4, 0.5) is 24.8 Å². The molecule has 2 atom stereocenters. The second kappa shape index (κ2) is 7.13. The molecule has 7 nitrogen and oxygen atoms in total. The maximum Gasteiger partial charge on any atom is 0.446 e. The van der Waals surface area contributed by atoms with E-state index in [0.29, 0.717) is 19.0 Å². The van der Waals surface area contributed by atoms with Crippen LogP contribution in [0.1, 0.15) is 16.8 Å². The number of hydrogen-bond donors (Lipinski definition) is 2. The molecule has 148 valence electrons. The predicted octanol–water partition coefficient (Wildman–Crippen LogP) is 2.68. The number of piperazine rings is 1. The molecule has 11 heteroatoms. The number of anilines is 2. The first kappa shape index (κ1) is 18.8. The van der Waals surface area contributed by atoms with Gasteiger partial charge in [0.25, 0.3) is 5.91 Å². The smallest absolute Gasteiger partial charge is 0.365 e. The molecule has 0 saturated carbocycles. The quantitative estimate of drug-likeness (QED) is 0.455. The van der Waals surface area contributed by atoms with Crippen molar-refractivity contribution in [1.29, 1.82) is 0 Å². The van der Waals surface area contributed by atoms with Crippen LogP contribution in [0.2, 0.25) is 0 Å². The summed E-state index contributed by atoms with van der Waals surface area (Å²) in [5, 5.41) is 8.64. The van der Waals surface area contributed by atoms with Crippen LogP contribution in [0.25, 0.3) is 0 Å². The maximum absolute atomic E-state index is 12.6. The van der Waals surface area contributed by atoms with E-state index in [0.717, 1.165) is 12.1 Å². The van der Waals surface area contributed by atoms with Gasteiger partial charge in [-0.1, -0.05) is 6.07 Å². The van der Waals surface area contributed by atoms with Gasteiger partial charge < -0.3 is 9.80 Å². The van der Waals surface area contributed by atoms with E-state index in [4.69, 9.17) is 5.21 Å². The van der Waals surface area contributed by atoms with Gasteiger partial charge >= 0.3 is 5.51 Å². The normalized spacial score (nSPS) is 21.3. The largest absolute Gasteiger partial charge is 0.446 e. The number of amides is 1. The molecule has 3 heterocycles. The number of hydrogen-bond acceptors (Lipinski definition) is 7. The van der Waals surface area contributed by atoms with E-state index in [9.17, 15) is 18.0 Å². The maximum atomic E-state index is 12.6. The fourth-order valence-corrected chi connectivity index (χ4v) is 4.33. The number of thioether (sulfide) groups is 1. The lowest BCUT2D eigenvalue weighted by Gasteiger charge is -2.35. The Labute approximate surface area is 162 Å². The Morgan fingerprint density at radius 1 is 1.18 bits per heavy atom. The zero-order valence-electron chi connectivity index (χ0n) is 14.4. The van der Waals surface area contributed by atoms with Crippen molar-refractivity contribution in [1.82, 2.24) is 15.4 Å². The Kier molecular flexibility index (Phi) is 4.79. The summed E-state index contributed by atoms with van der Waals surface area (Å²) in [5.74, 6) is -0.194. The van der Waals surface area contributed by atoms with E-state index in [-0.39, 0.29) is 34.3 Å². The first-order valence-electron chi connectivity index (χ1n) is 8.49. The Bertz CT molecular complexity index is 880. The van der Waals surface area contributed by atoms with Crippen LogP contribution < -0.4 is 15.3 Å². The highest BCUT2D eigenvalue weighted by molar-refractivity contribution is 8.00. The molecule has 1 aromatic carbocycles. The molecule has 2 bridgehead atoms. The lowest BCUT2D eigenvalue weighted by Crippen LogP contribution is -2.47. The number of benzene rings is 1.